The van der Waals surface area contributed by atoms with Gasteiger partial charge in [-0.05, 0) is 61.2 Å². The van der Waals surface area contributed by atoms with E-state index in [0.717, 1.165) is 60.3 Å². The third-order valence-electron chi connectivity index (χ3n) is 6.00. The van der Waals surface area contributed by atoms with Crippen LogP contribution in [0.15, 0.2) is 72.8 Å². The number of nitrogens with zero attached hydrogens (tertiary/aromatic N) is 2. The minimum absolute atomic E-state index is 0.323. The third kappa shape index (κ3) is 5.00. The Morgan fingerprint density at radius 3 is 2.49 bits per heavy atom. The molecule has 0 atom stereocenters. The Morgan fingerprint density at radius 2 is 1.74 bits per heavy atom. The lowest BCUT2D eigenvalue weighted by Crippen LogP contribution is -2.07. The monoisotopic (exact) mass is 497 g/mol. The molecular formula is C27H23ClF3N3O. The summed E-state index contributed by atoms with van der Waals surface area (Å²) in [6.45, 7) is 1.23. The van der Waals surface area contributed by atoms with Gasteiger partial charge in [0.1, 0.15) is 18.2 Å². The fraction of sp³-hybridized carbons (Fsp3) is 0.222. The van der Waals surface area contributed by atoms with Crippen LogP contribution in [-0.4, -0.2) is 16.3 Å². The highest BCUT2D eigenvalue weighted by Crippen LogP contribution is 2.40. The fourth-order valence-corrected chi connectivity index (χ4v) is 4.46. The molecule has 0 radical (unpaired) electrons. The minimum atomic E-state index is -4.54. The number of hydrogen-bond donors (Lipinski definition) is 1. The zero-order valence-corrected chi connectivity index (χ0v) is 19.5. The summed E-state index contributed by atoms with van der Waals surface area (Å²) >= 11 is 5.85. The number of ether oxygens (including phenoxy) is 1. The predicted molar refractivity (Wildman–Crippen MR) is 131 cm³/mol. The molecule has 4 nitrogen and oxygen atoms in total. The summed E-state index contributed by atoms with van der Waals surface area (Å²) < 4.78 is 48.1. The second-order valence-electron chi connectivity index (χ2n) is 8.43. The van der Waals surface area contributed by atoms with Gasteiger partial charge in [0.05, 0.1) is 22.0 Å². The summed E-state index contributed by atoms with van der Waals surface area (Å²) in [7, 11) is 0. The summed E-state index contributed by atoms with van der Waals surface area (Å²) in [4.78, 5) is 0. The van der Waals surface area contributed by atoms with E-state index in [2.05, 4.69) is 5.32 Å². The maximum atomic E-state index is 13.5. The number of alkyl halides is 3. The number of nitrogens with one attached hydrogen (secondary N) is 1. The van der Waals surface area contributed by atoms with Crippen molar-refractivity contribution in [1.82, 2.24) is 9.78 Å². The van der Waals surface area contributed by atoms with Gasteiger partial charge < -0.3 is 10.1 Å². The highest BCUT2D eigenvalue weighted by Gasteiger charge is 2.34. The van der Waals surface area contributed by atoms with Crippen molar-refractivity contribution in [2.45, 2.75) is 32.0 Å². The molecule has 0 saturated heterocycles. The maximum Gasteiger partial charge on any atom is 0.417 e. The summed E-state index contributed by atoms with van der Waals surface area (Å²) in [6, 6.07) is 21.4. The van der Waals surface area contributed by atoms with Gasteiger partial charge in [0.2, 0.25) is 0 Å². The van der Waals surface area contributed by atoms with Crippen LogP contribution in [0, 0.1) is 0 Å². The van der Waals surface area contributed by atoms with Gasteiger partial charge in [0.15, 0.2) is 0 Å². The van der Waals surface area contributed by atoms with E-state index >= 15 is 0 Å². The molecule has 5 rings (SSSR count). The van der Waals surface area contributed by atoms with Gasteiger partial charge in [-0.2, -0.15) is 18.3 Å². The molecule has 180 valence electrons. The summed E-state index contributed by atoms with van der Waals surface area (Å²) in [5.74, 6) is 1.52. The second-order valence-corrected chi connectivity index (χ2v) is 8.84. The van der Waals surface area contributed by atoms with Crippen LogP contribution in [0.4, 0.5) is 19.0 Å². The molecule has 4 aromatic rings. The predicted octanol–water partition coefficient (Wildman–Crippen LogP) is 7.54. The molecule has 2 heterocycles. The average Bonchev–Trinajstić information content (AvgIpc) is 3.04. The van der Waals surface area contributed by atoms with Crippen LogP contribution in [-0.2, 0) is 19.2 Å². The van der Waals surface area contributed by atoms with E-state index in [9.17, 15) is 13.2 Å². The molecule has 0 spiro atoms. The Hall–Kier alpha value is -3.45. The minimum Gasteiger partial charge on any atom is -0.489 e. The van der Waals surface area contributed by atoms with Gasteiger partial charge in [-0.25, -0.2) is 4.68 Å². The van der Waals surface area contributed by atoms with Crippen molar-refractivity contribution in [1.29, 1.82) is 0 Å². The topological polar surface area (TPSA) is 39.1 Å². The zero-order chi connectivity index (χ0) is 24.4. The molecule has 0 aliphatic carbocycles. The Balaban J connectivity index is 1.49. The van der Waals surface area contributed by atoms with E-state index < -0.39 is 11.7 Å². The Bertz CT molecular complexity index is 1320. The average molecular weight is 498 g/mol. The number of fused-ring (bicyclic) bond motifs is 1. The van der Waals surface area contributed by atoms with E-state index in [1.807, 2.05) is 54.6 Å². The molecule has 8 heteroatoms. The molecular weight excluding hydrogens is 475 g/mol. The zero-order valence-electron chi connectivity index (χ0n) is 18.8. The molecule has 0 fully saturated rings. The van der Waals surface area contributed by atoms with Crippen LogP contribution in [0.2, 0.25) is 5.02 Å². The Morgan fingerprint density at radius 1 is 0.971 bits per heavy atom. The quantitative estimate of drug-likeness (QED) is 0.309. The normalized spacial score (nSPS) is 13.6. The molecule has 0 bridgehead atoms. The van der Waals surface area contributed by atoms with E-state index in [-0.39, 0.29) is 5.02 Å². The summed E-state index contributed by atoms with van der Waals surface area (Å²) in [5, 5.41) is 7.85. The highest BCUT2D eigenvalue weighted by molar-refractivity contribution is 6.31. The number of anilines is 1. The summed E-state index contributed by atoms with van der Waals surface area (Å²) in [6.07, 6.45) is -1.93. The first-order valence-corrected chi connectivity index (χ1v) is 11.8. The molecule has 1 N–H and O–H groups in total. The van der Waals surface area contributed by atoms with Gasteiger partial charge in [-0.1, -0.05) is 48.0 Å². The van der Waals surface area contributed by atoms with Crippen molar-refractivity contribution >= 4 is 17.4 Å². The fourth-order valence-electron chi connectivity index (χ4n) is 4.24. The van der Waals surface area contributed by atoms with Crippen molar-refractivity contribution in [2.75, 3.05) is 11.9 Å². The molecule has 0 saturated carbocycles. The Labute approximate surface area is 206 Å². The maximum absolute atomic E-state index is 13.5. The van der Waals surface area contributed by atoms with Crippen molar-refractivity contribution in [3.63, 3.8) is 0 Å². The van der Waals surface area contributed by atoms with Gasteiger partial charge in [-0.3, -0.25) is 0 Å². The first-order chi connectivity index (χ1) is 16.9. The van der Waals surface area contributed by atoms with Crippen LogP contribution >= 0.6 is 11.6 Å². The molecule has 0 amide bonds. The van der Waals surface area contributed by atoms with E-state index in [4.69, 9.17) is 21.4 Å². The van der Waals surface area contributed by atoms with E-state index in [1.54, 1.807) is 10.7 Å². The van der Waals surface area contributed by atoms with Crippen LogP contribution < -0.4 is 10.1 Å². The van der Waals surface area contributed by atoms with Crippen molar-refractivity contribution in [3.8, 4) is 22.7 Å². The van der Waals surface area contributed by atoms with E-state index in [0.29, 0.717) is 17.9 Å². The van der Waals surface area contributed by atoms with E-state index in [1.165, 1.54) is 6.07 Å². The second kappa shape index (κ2) is 9.66. The first-order valence-electron chi connectivity index (χ1n) is 11.4. The van der Waals surface area contributed by atoms with Gasteiger partial charge in [0.25, 0.3) is 0 Å². The number of hydrogen-bond acceptors (Lipinski definition) is 3. The number of aromatic nitrogens is 2. The smallest absolute Gasteiger partial charge is 0.417 e. The lowest BCUT2D eigenvalue weighted by molar-refractivity contribution is -0.137. The van der Waals surface area contributed by atoms with Crippen LogP contribution in [0.3, 0.4) is 0 Å². The van der Waals surface area contributed by atoms with Crippen molar-refractivity contribution in [3.05, 3.63) is 94.5 Å². The van der Waals surface area contributed by atoms with Crippen molar-refractivity contribution < 1.29 is 17.9 Å². The van der Waals surface area contributed by atoms with Gasteiger partial charge in [-0.15, -0.1) is 0 Å². The first kappa shape index (κ1) is 23.3. The van der Waals surface area contributed by atoms with Gasteiger partial charge >= 0.3 is 6.18 Å². The lowest BCUT2D eigenvalue weighted by atomic mass is 10.0. The molecule has 0 unspecified atom stereocenters. The largest absolute Gasteiger partial charge is 0.489 e. The van der Waals surface area contributed by atoms with Gasteiger partial charge in [0, 0.05) is 17.7 Å². The molecule has 35 heavy (non-hydrogen) atoms. The molecule has 1 aliphatic heterocycles. The number of benzene rings is 3. The molecule has 3 aromatic carbocycles. The van der Waals surface area contributed by atoms with Crippen molar-refractivity contribution in [2.24, 2.45) is 0 Å². The van der Waals surface area contributed by atoms with Crippen LogP contribution in [0.5, 0.6) is 5.75 Å². The number of rotatable bonds is 5. The molecule has 1 aliphatic rings. The third-order valence-corrected chi connectivity index (χ3v) is 6.33. The lowest BCUT2D eigenvalue weighted by Gasteiger charge is -2.11. The number of halogens is 4. The molecule has 1 aromatic heterocycles. The highest BCUT2D eigenvalue weighted by atomic mass is 35.5. The van der Waals surface area contributed by atoms with Crippen LogP contribution in [0.1, 0.15) is 29.5 Å². The standard InChI is InChI=1S/C27H23ClF3N3O/c28-24-14-9-19(16-23(24)27(29,30)31)25-22-8-4-5-15-32-26(22)34(33-25)20-10-12-21(13-11-20)35-17-18-6-2-1-3-7-18/h1-3,6-7,9-14,16,32H,4-5,8,15,17H2. The SMILES string of the molecule is FC(F)(F)c1cc(-c2nn(-c3ccc(OCc4ccccc4)cc3)c3c2CCCCN3)ccc1Cl. The summed E-state index contributed by atoms with van der Waals surface area (Å²) in [5.41, 5.74) is 2.83. The Kier molecular flexibility index (Phi) is 6.43. The van der Waals surface area contributed by atoms with Crippen LogP contribution in [0.25, 0.3) is 16.9 Å².